The van der Waals surface area contributed by atoms with E-state index in [0.29, 0.717) is 5.69 Å². The number of benzene rings is 2. The molecule has 0 atom stereocenters. The number of carbonyl (C=O) groups is 1. The maximum Gasteiger partial charge on any atom is 0.366 e. The Morgan fingerprint density at radius 3 is 2.35 bits per heavy atom. The van der Waals surface area contributed by atoms with E-state index in [1.165, 1.54) is 12.1 Å². The maximum atomic E-state index is 11.6. The van der Waals surface area contributed by atoms with E-state index in [1.807, 2.05) is 18.2 Å². The van der Waals surface area contributed by atoms with E-state index in [-0.39, 0.29) is 11.3 Å². The second-order valence-corrected chi connectivity index (χ2v) is 3.37. The lowest BCUT2D eigenvalue weighted by Crippen LogP contribution is -2.10. The molecule has 0 saturated heterocycles. The molecule has 0 aromatic heterocycles. The van der Waals surface area contributed by atoms with Crippen LogP contribution in [-0.2, 0) is 4.84 Å². The second kappa shape index (κ2) is 5.03. The molecule has 0 fully saturated rings. The van der Waals surface area contributed by atoms with Crippen molar-refractivity contribution in [1.29, 1.82) is 0 Å². The first-order chi connectivity index (χ1) is 8.27. The van der Waals surface area contributed by atoms with E-state index in [0.717, 1.165) is 0 Å². The van der Waals surface area contributed by atoms with Gasteiger partial charge >= 0.3 is 5.97 Å². The summed E-state index contributed by atoms with van der Waals surface area (Å²) in [4.78, 5) is 16.4. The van der Waals surface area contributed by atoms with Gasteiger partial charge < -0.3 is 9.94 Å². The summed E-state index contributed by atoms with van der Waals surface area (Å²) in [5.41, 5.74) is 3.29. The van der Waals surface area contributed by atoms with Gasteiger partial charge in [0.2, 0.25) is 0 Å². The zero-order valence-electron chi connectivity index (χ0n) is 8.96. The highest BCUT2D eigenvalue weighted by Crippen LogP contribution is 2.16. The van der Waals surface area contributed by atoms with Crippen molar-refractivity contribution < 1.29 is 14.7 Å². The van der Waals surface area contributed by atoms with Crippen molar-refractivity contribution in [3.8, 4) is 5.75 Å². The second-order valence-electron chi connectivity index (χ2n) is 3.37. The lowest BCUT2D eigenvalue weighted by Gasteiger charge is -2.07. The van der Waals surface area contributed by atoms with Gasteiger partial charge in [0.1, 0.15) is 11.3 Å². The average Bonchev–Trinajstić information content (AvgIpc) is 2.38. The lowest BCUT2D eigenvalue weighted by atomic mass is 10.2. The van der Waals surface area contributed by atoms with Gasteiger partial charge in [0, 0.05) is 0 Å². The van der Waals surface area contributed by atoms with Gasteiger partial charge in [-0.1, -0.05) is 30.3 Å². The third-order valence-electron chi connectivity index (χ3n) is 2.16. The zero-order valence-corrected chi connectivity index (χ0v) is 8.96. The molecule has 0 aliphatic rings. The maximum absolute atomic E-state index is 11.6. The Balaban J connectivity index is 2.01. The minimum atomic E-state index is -0.632. The molecule has 17 heavy (non-hydrogen) atoms. The van der Waals surface area contributed by atoms with Crippen LogP contribution in [0.4, 0.5) is 5.69 Å². The largest absolute Gasteiger partial charge is 0.507 e. The highest BCUT2D eigenvalue weighted by atomic mass is 16.7. The first kappa shape index (κ1) is 11.0. The number of phenolic OH excluding ortho intramolecular Hbond substituents is 1. The summed E-state index contributed by atoms with van der Waals surface area (Å²) in [6.07, 6.45) is 0. The molecular formula is C13H11NO3. The molecule has 4 nitrogen and oxygen atoms in total. The van der Waals surface area contributed by atoms with Crippen molar-refractivity contribution >= 4 is 11.7 Å². The van der Waals surface area contributed by atoms with Crippen LogP contribution in [0.25, 0.3) is 0 Å². The summed E-state index contributed by atoms with van der Waals surface area (Å²) in [6.45, 7) is 0. The molecular weight excluding hydrogens is 218 g/mol. The van der Waals surface area contributed by atoms with Crippen LogP contribution in [0.5, 0.6) is 5.75 Å². The number of rotatable bonds is 3. The monoisotopic (exact) mass is 229 g/mol. The SMILES string of the molecule is O=C(ONc1ccccc1)c1ccccc1O. The molecule has 0 unspecified atom stereocenters. The van der Waals surface area contributed by atoms with Crippen molar-refractivity contribution in [3.05, 3.63) is 60.2 Å². The Morgan fingerprint density at radius 2 is 1.65 bits per heavy atom. The van der Waals surface area contributed by atoms with Crippen molar-refractivity contribution in [1.82, 2.24) is 0 Å². The molecule has 0 saturated carbocycles. The van der Waals surface area contributed by atoms with E-state index in [1.54, 1.807) is 24.3 Å². The van der Waals surface area contributed by atoms with Crippen LogP contribution in [0.2, 0.25) is 0 Å². The van der Waals surface area contributed by atoms with Gasteiger partial charge in [0.15, 0.2) is 0 Å². The fourth-order valence-electron chi connectivity index (χ4n) is 1.31. The molecule has 86 valence electrons. The molecule has 0 bridgehead atoms. The fraction of sp³-hybridized carbons (Fsp3) is 0. The highest BCUT2D eigenvalue weighted by Gasteiger charge is 2.11. The van der Waals surface area contributed by atoms with Crippen LogP contribution in [0, 0.1) is 0 Å². The normalized spacial score (nSPS) is 9.65. The minimum Gasteiger partial charge on any atom is -0.507 e. The Hall–Kier alpha value is -2.49. The molecule has 0 heterocycles. The third kappa shape index (κ3) is 2.75. The van der Waals surface area contributed by atoms with E-state index in [2.05, 4.69) is 5.48 Å². The molecule has 0 spiro atoms. The number of aromatic hydroxyl groups is 1. The molecule has 0 aliphatic heterocycles. The Bertz CT molecular complexity index is 511. The van der Waals surface area contributed by atoms with Crippen LogP contribution in [-0.4, -0.2) is 11.1 Å². The van der Waals surface area contributed by atoms with Gasteiger partial charge in [-0.3, -0.25) is 0 Å². The number of carbonyl (C=O) groups excluding carboxylic acids is 1. The molecule has 0 radical (unpaired) electrons. The van der Waals surface area contributed by atoms with Gasteiger partial charge in [-0.05, 0) is 24.3 Å². The van der Waals surface area contributed by atoms with Gasteiger partial charge in [-0.15, -0.1) is 0 Å². The summed E-state index contributed by atoms with van der Waals surface area (Å²) in [6, 6.07) is 15.2. The molecule has 4 heteroatoms. The predicted octanol–water partition coefficient (Wildman–Crippen LogP) is 2.58. The summed E-state index contributed by atoms with van der Waals surface area (Å²) in [5.74, 6) is -0.737. The third-order valence-corrected chi connectivity index (χ3v) is 2.16. The van der Waals surface area contributed by atoms with Crippen molar-refractivity contribution in [2.24, 2.45) is 0 Å². The number of hydrogen-bond acceptors (Lipinski definition) is 4. The summed E-state index contributed by atoms with van der Waals surface area (Å²) < 4.78 is 0. The molecule has 2 rings (SSSR count). The molecule has 0 aliphatic carbocycles. The summed E-state index contributed by atoms with van der Waals surface area (Å²) in [5, 5.41) is 9.45. The van der Waals surface area contributed by atoms with Gasteiger partial charge in [-0.25, -0.2) is 10.3 Å². The van der Waals surface area contributed by atoms with Gasteiger partial charge in [0.25, 0.3) is 0 Å². The first-order valence-corrected chi connectivity index (χ1v) is 5.07. The molecule has 2 N–H and O–H groups in total. The highest BCUT2D eigenvalue weighted by molar-refractivity contribution is 5.92. The molecule has 2 aromatic rings. The fourth-order valence-corrected chi connectivity index (χ4v) is 1.31. The van der Waals surface area contributed by atoms with Crippen LogP contribution in [0.3, 0.4) is 0 Å². The van der Waals surface area contributed by atoms with Crippen LogP contribution >= 0.6 is 0 Å². The Morgan fingerprint density at radius 1 is 1.00 bits per heavy atom. The van der Waals surface area contributed by atoms with Gasteiger partial charge in [-0.2, -0.15) is 0 Å². The smallest absolute Gasteiger partial charge is 0.366 e. The molecule has 0 amide bonds. The van der Waals surface area contributed by atoms with E-state index < -0.39 is 5.97 Å². The van der Waals surface area contributed by atoms with Crippen LogP contribution < -0.4 is 5.48 Å². The lowest BCUT2D eigenvalue weighted by molar-refractivity contribution is 0.0593. The predicted molar refractivity (Wildman–Crippen MR) is 63.6 cm³/mol. The first-order valence-electron chi connectivity index (χ1n) is 5.07. The van der Waals surface area contributed by atoms with Crippen molar-refractivity contribution in [2.45, 2.75) is 0 Å². The van der Waals surface area contributed by atoms with Crippen molar-refractivity contribution in [2.75, 3.05) is 5.48 Å². The number of phenols is 1. The number of para-hydroxylation sites is 2. The Kier molecular flexibility index (Phi) is 3.25. The van der Waals surface area contributed by atoms with Crippen molar-refractivity contribution in [3.63, 3.8) is 0 Å². The quantitative estimate of drug-likeness (QED) is 0.794. The Labute approximate surface area is 98.4 Å². The minimum absolute atomic E-state index is 0.104. The summed E-state index contributed by atoms with van der Waals surface area (Å²) in [7, 11) is 0. The number of nitrogens with one attached hydrogen (secondary N) is 1. The van der Waals surface area contributed by atoms with Crippen LogP contribution in [0.1, 0.15) is 10.4 Å². The van der Waals surface area contributed by atoms with Crippen LogP contribution in [0.15, 0.2) is 54.6 Å². The molecule has 2 aromatic carbocycles. The van der Waals surface area contributed by atoms with Gasteiger partial charge in [0.05, 0.1) is 5.69 Å². The zero-order chi connectivity index (χ0) is 12.1. The van der Waals surface area contributed by atoms with E-state index >= 15 is 0 Å². The van der Waals surface area contributed by atoms with E-state index in [9.17, 15) is 9.90 Å². The summed E-state index contributed by atoms with van der Waals surface area (Å²) >= 11 is 0. The number of anilines is 1. The standard InChI is InChI=1S/C13H11NO3/c15-12-9-5-4-8-11(12)13(16)17-14-10-6-2-1-3-7-10/h1-9,14-15H. The topological polar surface area (TPSA) is 58.6 Å². The average molecular weight is 229 g/mol. The number of hydrogen-bond donors (Lipinski definition) is 2. The van der Waals surface area contributed by atoms with E-state index in [4.69, 9.17) is 4.84 Å².